The number of nitrogens with zero attached hydrogens (tertiary/aromatic N) is 1. The molecule has 5 heteroatoms. The molecule has 0 radical (unpaired) electrons. The molecular weight excluding hydrogens is 362 g/mol. The van der Waals surface area contributed by atoms with E-state index in [0.29, 0.717) is 12.1 Å². The molecule has 29 heavy (non-hydrogen) atoms. The number of carbonyl (C=O) groups excluding carboxylic acids is 1. The molecule has 2 aromatic rings. The largest absolute Gasteiger partial charge is 0.444 e. The topological polar surface area (TPSA) is 53.6 Å². The van der Waals surface area contributed by atoms with E-state index in [4.69, 9.17) is 4.74 Å². The van der Waals surface area contributed by atoms with Gasteiger partial charge in [-0.15, -0.1) is 0 Å². The van der Waals surface area contributed by atoms with Gasteiger partial charge in [0.25, 0.3) is 0 Å². The first-order valence-electron chi connectivity index (χ1n) is 10.5. The Bertz CT molecular complexity index is 776. The molecule has 156 valence electrons. The highest BCUT2D eigenvalue weighted by Crippen LogP contribution is 2.25. The molecule has 1 saturated heterocycles. The zero-order valence-corrected chi connectivity index (χ0v) is 17.9. The summed E-state index contributed by atoms with van der Waals surface area (Å²) in [5, 5.41) is 6.40. The van der Waals surface area contributed by atoms with Crippen LogP contribution in [0.5, 0.6) is 0 Å². The van der Waals surface area contributed by atoms with Crippen molar-refractivity contribution in [3.63, 3.8) is 0 Å². The average molecular weight is 396 g/mol. The molecule has 1 aliphatic rings. The first-order valence-corrected chi connectivity index (χ1v) is 10.5. The van der Waals surface area contributed by atoms with Gasteiger partial charge in [0, 0.05) is 36.5 Å². The van der Waals surface area contributed by atoms with Gasteiger partial charge in [0.05, 0.1) is 0 Å². The monoisotopic (exact) mass is 395 g/mol. The van der Waals surface area contributed by atoms with Crippen LogP contribution in [-0.2, 0) is 4.74 Å². The number of piperidine rings is 1. The first kappa shape index (κ1) is 21.2. The number of hydrogen-bond donors (Lipinski definition) is 2. The molecule has 0 bridgehead atoms. The second-order valence-electron chi connectivity index (χ2n) is 8.75. The maximum absolute atomic E-state index is 11.9. The Kier molecular flexibility index (Phi) is 6.80. The van der Waals surface area contributed by atoms with Gasteiger partial charge in [0.1, 0.15) is 5.60 Å². The minimum Gasteiger partial charge on any atom is -0.444 e. The molecule has 3 rings (SSSR count). The zero-order valence-electron chi connectivity index (χ0n) is 17.9. The Balaban J connectivity index is 1.46. The lowest BCUT2D eigenvalue weighted by molar-refractivity contribution is 0.0636. The molecule has 2 aromatic carbocycles. The molecule has 0 aromatic heterocycles. The van der Waals surface area contributed by atoms with Crippen LogP contribution in [0.2, 0.25) is 0 Å². The third-order valence-corrected chi connectivity index (χ3v) is 5.26. The van der Waals surface area contributed by atoms with E-state index >= 15 is 0 Å². The van der Waals surface area contributed by atoms with Crippen molar-refractivity contribution in [1.82, 2.24) is 4.90 Å². The summed E-state index contributed by atoms with van der Waals surface area (Å²) in [5.74, 6) is 0. The molecule has 1 unspecified atom stereocenters. The normalized spacial score (nSPS) is 16.8. The highest BCUT2D eigenvalue weighted by Gasteiger charge is 2.23. The van der Waals surface area contributed by atoms with E-state index in [0.717, 1.165) is 37.3 Å². The summed E-state index contributed by atoms with van der Waals surface area (Å²) in [4.78, 5) is 14.4. The van der Waals surface area contributed by atoms with Gasteiger partial charge in [0.2, 0.25) is 0 Å². The van der Waals surface area contributed by atoms with Crippen LogP contribution < -0.4 is 10.6 Å². The van der Waals surface area contributed by atoms with Gasteiger partial charge in [-0.1, -0.05) is 30.3 Å². The lowest BCUT2D eigenvalue weighted by Crippen LogP contribution is -2.40. The van der Waals surface area contributed by atoms with Crippen LogP contribution in [-0.4, -0.2) is 35.7 Å². The van der Waals surface area contributed by atoms with Crippen molar-refractivity contribution in [2.75, 3.05) is 23.7 Å². The van der Waals surface area contributed by atoms with E-state index in [1.165, 1.54) is 5.56 Å². The number of likely N-dealkylation sites (tertiary alicyclic amines) is 1. The molecule has 1 fully saturated rings. The maximum atomic E-state index is 11.9. The van der Waals surface area contributed by atoms with Gasteiger partial charge in [-0.3, -0.25) is 10.2 Å². The van der Waals surface area contributed by atoms with Crippen molar-refractivity contribution in [2.45, 2.75) is 58.2 Å². The molecule has 1 heterocycles. The van der Waals surface area contributed by atoms with Gasteiger partial charge in [-0.25, -0.2) is 4.79 Å². The van der Waals surface area contributed by atoms with E-state index in [1.54, 1.807) is 0 Å². The van der Waals surface area contributed by atoms with Crippen LogP contribution in [0.4, 0.5) is 16.2 Å². The van der Waals surface area contributed by atoms with Crippen LogP contribution in [0.25, 0.3) is 0 Å². The molecule has 5 nitrogen and oxygen atoms in total. The van der Waals surface area contributed by atoms with Gasteiger partial charge >= 0.3 is 6.09 Å². The highest BCUT2D eigenvalue weighted by molar-refractivity contribution is 5.85. The fourth-order valence-electron chi connectivity index (χ4n) is 3.68. The van der Waals surface area contributed by atoms with Gasteiger partial charge in [-0.2, -0.15) is 0 Å². The van der Waals surface area contributed by atoms with E-state index in [9.17, 15) is 4.79 Å². The molecule has 0 spiro atoms. The third kappa shape index (κ3) is 6.50. The average Bonchev–Trinajstić information content (AvgIpc) is 2.69. The summed E-state index contributed by atoms with van der Waals surface area (Å²) < 4.78 is 5.28. The number of anilines is 2. The van der Waals surface area contributed by atoms with Crippen molar-refractivity contribution in [1.29, 1.82) is 0 Å². The smallest absolute Gasteiger partial charge is 0.412 e. The molecule has 1 aliphatic heterocycles. The van der Waals surface area contributed by atoms with E-state index in [2.05, 4.69) is 52.8 Å². The van der Waals surface area contributed by atoms with Crippen molar-refractivity contribution in [3.8, 4) is 0 Å². The lowest BCUT2D eigenvalue weighted by Gasteiger charge is -2.36. The summed E-state index contributed by atoms with van der Waals surface area (Å²) in [6.07, 6.45) is 1.81. The predicted molar refractivity (Wildman–Crippen MR) is 119 cm³/mol. The summed E-state index contributed by atoms with van der Waals surface area (Å²) in [5.41, 5.74) is 2.69. The molecular formula is C24H33N3O2. The molecule has 2 N–H and O–H groups in total. The Morgan fingerprint density at radius 1 is 1.00 bits per heavy atom. The van der Waals surface area contributed by atoms with E-state index < -0.39 is 11.7 Å². The fraction of sp³-hybridized carbons (Fsp3) is 0.458. The van der Waals surface area contributed by atoms with E-state index in [-0.39, 0.29) is 0 Å². The highest BCUT2D eigenvalue weighted by atomic mass is 16.6. The molecule has 0 saturated carbocycles. The van der Waals surface area contributed by atoms with Crippen LogP contribution in [0, 0.1) is 0 Å². The van der Waals surface area contributed by atoms with Gasteiger partial charge < -0.3 is 10.1 Å². The molecule has 1 amide bonds. The van der Waals surface area contributed by atoms with E-state index in [1.807, 2.05) is 45.0 Å². The maximum Gasteiger partial charge on any atom is 0.412 e. The Hall–Kier alpha value is -2.53. The number of ether oxygens (including phenoxy) is 1. The second kappa shape index (κ2) is 9.31. The van der Waals surface area contributed by atoms with Crippen LogP contribution >= 0.6 is 0 Å². The van der Waals surface area contributed by atoms with Crippen LogP contribution in [0.3, 0.4) is 0 Å². The molecule has 1 atom stereocenters. The number of benzene rings is 2. The quantitative estimate of drug-likeness (QED) is 0.685. The van der Waals surface area contributed by atoms with Crippen molar-refractivity contribution >= 4 is 17.5 Å². The number of rotatable bonds is 5. The summed E-state index contributed by atoms with van der Waals surface area (Å²) in [6.45, 7) is 10.0. The number of nitrogens with one attached hydrogen (secondary N) is 2. The second-order valence-corrected chi connectivity index (χ2v) is 8.75. The van der Waals surface area contributed by atoms with Crippen LogP contribution in [0.15, 0.2) is 54.6 Å². The standard InChI is InChI=1S/C24H33N3O2/c1-18(19-8-6-5-7-9-19)27-16-14-22(15-17-27)25-20-10-12-21(13-11-20)26-23(28)29-24(2,3)4/h5-13,18,22,25H,14-17H2,1-4H3,(H,26,28). The minimum atomic E-state index is -0.502. The summed E-state index contributed by atoms with van der Waals surface area (Å²) >= 11 is 0. The van der Waals surface area contributed by atoms with Gasteiger partial charge in [-0.05, 0) is 70.4 Å². The summed E-state index contributed by atoms with van der Waals surface area (Å²) in [7, 11) is 0. The Morgan fingerprint density at radius 2 is 1.59 bits per heavy atom. The van der Waals surface area contributed by atoms with Crippen molar-refractivity contribution in [2.24, 2.45) is 0 Å². The Labute approximate surface area is 174 Å². The van der Waals surface area contributed by atoms with Crippen LogP contribution in [0.1, 0.15) is 52.1 Å². The summed E-state index contributed by atoms with van der Waals surface area (Å²) in [6, 6.07) is 19.5. The van der Waals surface area contributed by atoms with Gasteiger partial charge in [0.15, 0.2) is 0 Å². The van der Waals surface area contributed by atoms with Crippen molar-refractivity contribution < 1.29 is 9.53 Å². The van der Waals surface area contributed by atoms with Crippen molar-refractivity contribution in [3.05, 3.63) is 60.2 Å². The number of carbonyl (C=O) groups is 1. The first-order chi connectivity index (χ1) is 13.8. The fourth-order valence-corrected chi connectivity index (χ4v) is 3.68. The third-order valence-electron chi connectivity index (χ3n) is 5.26. The number of hydrogen-bond acceptors (Lipinski definition) is 4. The SMILES string of the molecule is CC(c1ccccc1)N1CCC(Nc2ccc(NC(=O)OC(C)(C)C)cc2)CC1. The number of amides is 1. The predicted octanol–water partition coefficient (Wildman–Crippen LogP) is 5.67. The minimum absolute atomic E-state index is 0.432. The molecule has 0 aliphatic carbocycles. The Morgan fingerprint density at radius 3 is 2.17 bits per heavy atom. The lowest BCUT2D eigenvalue weighted by atomic mass is 10.00. The zero-order chi connectivity index (χ0) is 20.9.